The van der Waals surface area contributed by atoms with Gasteiger partial charge in [-0.1, -0.05) is 91.8 Å². The third-order valence-corrected chi connectivity index (χ3v) is 22.1. The summed E-state index contributed by atoms with van der Waals surface area (Å²) in [7, 11) is -3.90. The van der Waals surface area contributed by atoms with E-state index >= 15 is 0 Å². The molecule has 250 valence electrons. The van der Waals surface area contributed by atoms with Gasteiger partial charge in [0.2, 0.25) is 0 Å². The van der Waals surface area contributed by atoms with Gasteiger partial charge in [0, 0.05) is 6.42 Å². The highest BCUT2D eigenvalue weighted by atomic mass is 28.4. The molecule has 3 nitrogen and oxygen atoms in total. The van der Waals surface area contributed by atoms with Crippen molar-refractivity contribution >= 4 is 16.6 Å². The molecular weight excluding hydrogens is 573 g/mol. The van der Waals surface area contributed by atoms with Gasteiger partial charge in [0.25, 0.3) is 0 Å². The Morgan fingerprint density at radius 3 is 2.11 bits per heavy atom. The van der Waals surface area contributed by atoms with Crippen LogP contribution in [-0.4, -0.2) is 40.1 Å². The second-order valence-corrected chi connectivity index (χ2v) is 27.9. The first-order valence-corrected chi connectivity index (χ1v) is 23.8. The van der Waals surface area contributed by atoms with Crippen molar-refractivity contribution in [2.45, 2.75) is 168 Å². The largest absolute Gasteiger partial charge is 0.413 e. The standard InChI is InChI=1S/C39H68O3Si2/c1-27(16-23-35(40)30-18-19-30)33-21-22-34-29(15-14-24-39(33,34)9)17-20-31-25-32(41-43(10,11)37(3,4)5)26-36(28(31)2)42-44(12,13)38(6,7)8/h16-17,20,23,27,30,32-36,40H,2,14-15,18-19,21-22,24-26H2,1,3-13H3/t27-,32-,33?,34+,35-,36+,39-/m1/s1. The molecule has 4 saturated carbocycles. The summed E-state index contributed by atoms with van der Waals surface area (Å²) in [4.78, 5) is 0. The molecular formula is C39H68O3Si2. The lowest BCUT2D eigenvalue weighted by Crippen LogP contribution is -2.49. The molecule has 0 aliphatic heterocycles. The van der Waals surface area contributed by atoms with Crippen molar-refractivity contribution in [3.63, 3.8) is 0 Å². The summed E-state index contributed by atoms with van der Waals surface area (Å²) in [5.74, 6) is 2.35. The van der Waals surface area contributed by atoms with Crippen molar-refractivity contribution in [1.29, 1.82) is 0 Å². The van der Waals surface area contributed by atoms with Gasteiger partial charge in [-0.3, -0.25) is 0 Å². The predicted molar refractivity (Wildman–Crippen MR) is 194 cm³/mol. The van der Waals surface area contributed by atoms with Crippen molar-refractivity contribution in [1.82, 2.24) is 0 Å². The summed E-state index contributed by atoms with van der Waals surface area (Å²) in [6.45, 7) is 33.2. The van der Waals surface area contributed by atoms with Crippen LogP contribution in [0, 0.1) is 29.1 Å². The van der Waals surface area contributed by atoms with Gasteiger partial charge in [-0.15, -0.1) is 0 Å². The van der Waals surface area contributed by atoms with Gasteiger partial charge in [0.1, 0.15) is 0 Å². The minimum absolute atomic E-state index is 0.0233. The zero-order valence-corrected chi connectivity index (χ0v) is 32.7. The lowest BCUT2D eigenvalue weighted by atomic mass is 9.61. The molecule has 0 amide bonds. The van der Waals surface area contributed by atoms with E-state index < -0.39 is 16.6 Å². The molecule has 7 atom stereocenters. The molecule has 4 aliphatic rings. The van der Waals surface area contributed by atoms with Gasteiger partial charge < -0.3 is 14.0 Å². The number of allylic oxidation sites excluding steroid dienone is 4. The molecule has 0 aromatic carbocycles. The Labute approximate surface area is 274 Å². The topological polar surface area (TPSA) is 38.7 Å². The van der Waals surface area contributed by atoms with Crippen LogP contribution in [0.3, 0.4) is 0 Å². The summed E-state index contributed by atoms with van der Waals surface area (Å²) in [5, 5.41) is 10.8. The zero-order valence-electron chi connectivity index (χ0n) is 30.7. The van der Waals surface area contributed by atoms with Gasteiger partial charge in [0.05, 0.1) is 18.3 Å². The first-order valence-electron chi connectivity index (χ1n) is 18.0. The van der Waals surface area contributed by atoms with E-state index in [0.29, 0.717) is 29.1 Å². The quantitative estimate of drug-likeness (QED) is 0.201. The highest BCUT2D eigenvalue weighted by Gasteiger charge is 2.50. The molecule has 0 saturated heterocycles. The van der Waals surface area contributed by atoms with Crippen LogP contribution < -0.4 is 0 Å². The molecule has 5 heteroatoms. The maximum Gasteiger partial charge on any atom is 0.192 e. The van der Waals surface area contributed by atoms with Gasteiger partial charge in [-0.05, 0) is 128 Å². The molecule has 0 radical (unpaired) electrons. The van der Waals surface area contributed by atoms with E-state index in [4.69, 9.17) is 8.85 Å². The number of hydrogen-bond donors (Lipinski definition) is 1. The molecule has 0 aromatic heterocycles. The lowest BCUT2D eigenvalue weighted by molar-refractivity contribution is 0.0969. The molecule has 1 N–H and O–H groups in total. The van der Waals surface area contributed by atoms with Crippen molar-refractivity contribution < 1.29 is 14.0 Å². The average Bonchev–Trinajstić information content (AvgIpc) is 3.68. The molecule has 0 aromatic rings. The molecule has 4 rings (SSSR count). The number of hydrogen-bond acceptors (Lipinski definition) is 3. The summed E-state index contributed by atoms with van der Waals surface area (Å²) < 4.78 is 14.2. The second-order valence-electron chi connectivity index (χ2n) is 18.4. The fraction of sp³-hybridized carbons (Fsp3) is 0.795. The SMILES string of the molecule is C=C1C(=CC=C2CCC[C@]3(C)C([C@H](C)C=C[C@@H](O)C4CC4)CC[C@@H]23)C[C@@H](O[Si](C)(C)C(C)(C)C)C[C@@H]1O[Si](C)(C)C(C)(C)C. The van der Waals surface area contributed by atoms with Crippen molar-refractivity contribution in [2.24, 2.45) is 29.1 Å². The highest BCUT2D eigenvalue weighted by molar-refractivity contribution is 6.74. The Balaban J connectivity index is 1.57. The van der Waals surface area contributed by atoms with Crippen LogP contribution in [-0.2, 0) is 8.85 Å². The van der Waals surface area contributed by atoms with Crippen LogP contribution in [0.4, 0.5) is 0 Å². The van der Waals surface area contributed by atoms with E-state index in [1.54, 1.807) is 5.57 Å². The number of aliphatic hydroxyl groups excluding tert-OH is 1. The zero-order chi connectivity index (χ0) is 32.9. The smallest absolute Gasteiger partial charge is 0.192 e. The van der Waals surface area contributed by atoms with Gasteiger partial charge in [-0.2, -0.15) is 0 Å². The third-order valence-electron chi connectivity index (χ3n) is 13.1. The number of aliphatic hydroxyl groups is 1. The van der Waals surface area contributed by atoms with Crippen molar-refractivity contribution in [2.75, 3.05) is 0 Å². The lowest BCUT2D eigenvalue weighted by Gasteiger charge is -2.45. The first-order chi connectivity index (χ1) is 20.2. The summed E-state index contributed by atoms with van der Waals surface area (Å²) in [6, 6.07) is 0. The van der Waals surface area contributed by atoms with Crippen LogP contribution in [0.15, 0.2) is 47.6 Å². The molecule has 1 unspecified atom stereocenters. The Hall–Kier alpha value is -0.726. The van der Waals surface area contributed by atoms with Gasteiger partial charge in [-0.25, -0.2) is 0 Å². The van der Waals surface area contributed by atoms with Crippen molar-refractivity contribution in [3.05, 3.63) is 47.6 Å². The Morgan fingerprint density at radius 1 is 0.909 bits per heavy atom. The molecule has 0 heterocycles. The third kappa shape index (κ3) is 7.86. The average molecular weight is 641 g/mol. The van der Waals surface area contributed by atoms with Gasteiger partial charge in [0.15, 0.2) is 16.6 Å². The molecule has 44 heavy (non-hydrogen) atoms. The Bertz CT molecular complexity index is 1130. The van der Waals surface area contributed by atoms with Crippen LogP contribution in [0.2, 0.25) is 36.3 Å². The summed E-state index contributed by atoms with van der Waals surface area (Å²) >= 11 is 0. The van der Waals surface area contributed by atoms with Crippen LogP contribution in [0.5, 0.6) is 0 Å². The normalized spacial score (nSPS) is 34.2. The minimum Gasteiger partial charge on any atom is -0.413 e. The number of rotatable bonds is 9. The molecule has 4 fully saturated rings. The first kappa shape index (κ1) is 36.1. The predicted octanol–water partition coefficient (Wildman–Crippen LogP) is 11.1. The Morgan fingerprint density at radius 2 is 1.52 bits per heavy atom. The van der Waals surface area contributed by atoms with Crippen LogP contribution in [0.25, 0.3) is 0 Å². The van der Waals surface area contributed by atoms with E-state index in [0.717, 1.165) is 12.8 Å². The van der Waals surface area contributed by atoms with E-state index in [-0.39, 0.29) is 28.4 Å². The highest BCUT2D eigenvalue weighted by Crippen LogP contribution is 2.59. The van der Waals surface area contributed by atoms with E-state index in [1.807, 2.05) is 0 Å². The van der Waals surface area contributed by atoms with Gasteiger partial charge >= 0.3 is 0 Å². The summed E-state index contributed by atoms with van der Waals surface area (Å²) in [6.07, 6.45) is 19.9. The fourth-order valence-corrected chi connectivity index (χ4v) is 10.6. The summed E-state index contributed by atoms with van der Waals surface area (Å²) in [5.41, 5.74) is 4.49. The van der Waals surface area contributed by atoms with Crippen molar-refractivity contribution in [3.8, 4) is 0 Å². The minimum atomic E-state index is -1.98. The Kier molecular flexibility index (Phi) is 10.7. The van der Waals surface area contributed by atoms with Crippen LogP contribution in [0.1, 0.15) is 113 Å². The second kappa shape index (κ2) is 13.1. The molecule has 4 aliphatic carbocycles. The van der Waals surface area contributed by atoms with E-state index in [1.165, 1.54) is 56.1 Å². The maximum atomic E-state index is 10.5. The number of fused-ring (bicyclic) bond motifs is 1. The monoisotopic (exact) mass is 640 g/mol. The molecule has 0 spiro atoms. The molecule has 0 bridgehead atoms. The fourth-order valence-electron chi connectivity index (χ4n) is 7.93. The van der Waals surface area contributed by atoms with E-state index in [9.17, 15) is 5.11 Å². The van der Waals surface area contributed by atoms with E-state index in [2.05, 4.69) is 112 Å². The van der Waals surface area contributed by atoms with Crippen LogP contribution >= 0.6 is 0 Å². The maximum absolute atomic E-state index is 10.5.